The lowest BCUT2D eigenvalue weighted by molar-refractivity contribution is 0.0113. The van der Waals surface area contributed by atoms with Crippen LogP contribution in [-0.2, 0) is 11.2 Å². The van der Waals surface area contributed by atoms with E-state index in [1.807, 2.05) is 18.3 Å². The topological polar surface area (TPSA) is 22.1 Å². The second-order valence-electron chi connectivity index (χ2n) is 3.85. The fourth-order valence-corrected chi connectivity index (χ4v) is 1.89. The molecule has 0 spiro atoms. The van der Waals surface area contributed by atoms with Gasteiger partial charge in [-0.05, 0) is 44.2 Å². The Morgan fingerprint density at radius 1 is 1.36 bits per heavy atom. The van der Waals surface area contributed by atoms with Crippen molar-refractivity contribution < 1.29 is 4.74 Å². The number of nitrogens with zero attached hydrogens (tertiary/aromatic N) is 1. The van der Waals surface area contributed by atoms with Gasteiger partial charge in [0, 0.05) is 18.5 Å². The molecule has 1 fully saturated rings. The van der Waals surface area contributed by atoms with Gasteiger partial charge in [0.1, 0.15) is 0 Å². The van der Waals surface area contributed by atoms with E-state index in [0.29, 0.717) is 6.10 Å². The lowest BCUT2D eigenvalue weighted by atomic mass is 10.0. The summed E-state index contributed by atoms with van der Waals surface area (Å²) in [6.07, 6.45) is 8.30. The molecule has 0 aromatic carbocycles. The molecule has 1 unspecified atom stereocenters. The van der Waals surface area contributed by atoms with E-state index < -0.39 is 0 Å². The van der Waals surface area contributed by atoms with E-state index in [1.165, 1.54) is 25.0 Å². The Kier molecular flexibility index (Phi) is 3.52. The maximum atomic E-state index is 5.67. The highest BCUT2D eigenvalue weighted by Gasteiger charge is 2.13. The van der Waals surface area contributed by atoms with E-state index in [-0.39, 0.29) is 0 Å². The van der Waals surface area contributed by atoms with Gasteiger partial charge in [-0.25, -0.2) is 0 Å². The van der Waals surface area contributed by atoms with Gasteiger partial charge in [-0.2, -0.15) is 0 Å². The third-order valence-electron chi connectivity index (χ3n) is 2.72. The second-order valence-corrected chi connectivity index (χ2v) is 3.85. The summed E-state index contributed by atoms with van der Waals surface area (Å²) in [5.41, 5.74) is 1.18. The highest BCUT2D eigenvalue weighted by atomic mass is 16.5. The molecule has 1 aromatic heterocycles. The van der Waals surface area contributed by atoms with Gasteiger partial charge in [0.05, 0.1) is 6.10 Å². The minimum atomic E-state index is 0.478. The molecule has 1 aliphatic rings. The molecule has 1 saturated heterocycles. The summed E-state index contributed by atoms with van der Waals surface area (Å²) in [6.45, 7) is 0.951. The van der Waals surface area contributed by atoms with Crippen molar-refractivity contribution in [3.63, 3.8) is 0 Å². The molecular weight excluding hydrogens is 174 g/mol. The zero-order chi connectivity index (χ0) is 9.64. The normalized spacial score (nSPS) is 22.1. The lowest BCUT2D eigenvalue weighted by Gasteiger charge is -2.22. The van der Waals surface area contributed by atoms with Crippen LogP contribution in [0.4, 0.5) is 0 Å². The van der Waals surface area contributed by atoms with Crippen molar-refractivity contribution in [1.82, 2.24) is 4.98 Å². The van der Waals surface area contributed by atoms with Gasteiger partial charge in [0.25, 0.3) is 0 Å². The highest BCUT2D eigenvalue weighted by Crippen LogP contribution is 2.17. The van der Waals surface area contributed by atoms with Crippen LogP contribution in [0.2, 0.25) is 0 Å². The standard InChI is InChI=1S/C12H17NO/c1-3-9-13-11(5-1)7-8-12-6-2-4-10-14-12/h1,3,5,9,12H,2,4,6-8,10H2. The molecule has 0 aliphatic carbocycles. The second kappa shape index (κ2) is 5.11. The van der Waals surface area contributed by atoms with Crippen LogP contribution < -0.4 is 0 Å². The quantitative estimate of drug-likeness (QED) is 0.732. The van der Waals surface area contributed by atoms with Crippen molar-refractivity contribution in [3.8, 4) is 0 Å². The predicted molar refractivity (Wildman–Crippen MR) is 56.1 cm³/mol. The first kappa shape index (κ1) is 9.66. The van der Waals surface area contributed by atoms with Crippen molar-refractivity contribution in [2.24, 2.45) is 0 Å². The van der Waals surface area contributed by atoms with Gasteiger partial charge in [-0.1, -0.05) is 6.07 Å². The van der Waals surface area contributed by atoms with Gasteiger partial charge in [0.15, 0.2) is 0 Å². The molecule has 14 heavy (non-hydrogen) atoms. The van der Waals surface area contributed by atoms with Gasteiger partial charge in [-0.3, -0.25) is 4.98 Å². The lowest BCUT2D eigenvalue weighted by Crippen LogP contribution is -2.19. The van der Waals surface area contributed by atoms with Crippen LogP contribution in [0.1, 0.15) is 31.4 Å². The average molecular weight is 191 g/mol. The van der Waals surface area contributed by atoms with Crippen molar-refractivity contribution in [3.05, 3.63) is 30.1 Å². The molecule has 1 aromatic rings. The number of pyridine rings is 1. The molecule has 0 radical (unpaired) electrons. The van der Waals surface area contributed by atoms with E-state index in [9.17, 15) is 0 Å². The first-order chi connectivity index (χ1) is 6.95. The maximum absolute atomic E-state index is 5.67. The Labute approximate surface area is 85.3 Å². The zero-order valence-electron chi connectivity index (χ0n) is 8.48. The van der Waals surface area contributed by atoms with Crippen LogP contribution >= 0.6 is 0 Å². The Balaban J connectivity index is 1.76. The molecule has 0 bridgehead atoms. The Hall–Kier alpha value is -0.890. The van der Waals surface area contributed by atoms with Gasteiger partial charge in [0.2, 0.25) is 0 Å². The molecule has 2 heteroatoms. The molecule has 2 heterocycles. The monoisotopic (exact) mass is 191 g/mol. The molecular formula is C12H17NO. The van der Waals surface area contributed by atoms with Crippen LogP contribution in [0.15, 0.2) is 24.4 Å². The van der Waals surface area contributed by atoms with E-state index in [0.717, 1.165) is 19.4 Å². The number of hydrogen-bond donors (Lipinski definition) is 0. The van der Waals surface area contributed by atoms with Crippen molar-refractivity contribution in [2.75, 3.05) is 6.61 Å². The summed E-state index contributed by atoms with van der Waals surface area (Å²) < 4.78 is 5.67. The van der Waals surface area contributed by atoms with Gasteiger partial charge in [-0.15, -0.1) is 0 Å². The van der Waals surface area contributed by atoms with Crippen LogP contribution in [0.5, 0.6) is 0 Å². The molecule has 0 N–H and O–H groups in total. The number of hydrogen-bond acceptors (Lipinski definition) is 2. The van der Waals surface area contributed by atoms with Crippen LogP contribution in [0, 0.1) is 0 Å². The third kappa shape index (κ3) is 2.81. The summed E-state index contributed by atoms with van der Waals surface area (Å²) in [5, 5.41) is 0. The largest absolute Gasteiger partial charge is 0.378 e. The minimum absolute atomic E-state index is 0.478. The molecule has 2 rings (SSSR count). The Bertz CT molecular complexity index is 254. The first-order valence-electron chi connectivity index (χ1n) is 5.46. The zero-order valence-corrected chi connectivity index (χ0v) is 8.48. The van der Waals surface area contributed by atoms with E-state index in [2.05, 4.69) is 11.1 Å². The van der Waals surface area contributed by atoms with Crippen molar-refractivity contribution in [1.29, 1.82) is 0 Å². The third-order valence-corrected chi connectivity index (χ3v) is 2.72. The Morgan fingerprint density at radius 3 is 3.07 bits per heavy atom. The average Bonchev–Trinajstić information content (AvgIpc) is 2.29. The van der Waals surface area contributed by atoms with E-state index >= 15 is 0 Å². The molecule has 1 aliphatic heterocycles. The predicted octanol–water partition coefficient (Wildman–Crippen LogP) is 2.58. The minimum Gasteiger partial charge on any atom is -0.378 e. The molecule has 76 valence electrons. The fraction of sp³-hybridized carbons (Fsp3) is 0.583. The number of ether oxygens (including phenoxy) is 1. The van der Waals surface area contributed by atoms with Crippen LogP contribution in [0.25, 0.3) is 0 Å². The van der Waals surface area contributed by atoms with Gasteiger partial charge >= 0.3 is 0 Å². The number of aromatic nitrogens is 1. The molecule has 0 saturated carbocycles. The fourth-order valence-electron chi connectivity index (χ4n) is 1.89. The smallest absolute Gasteiger partial charge is 0.0578 e. The first-order valence-corrected chi connectivity index (χ1v) is 5.46. The van der Waals surface area contributed by atoms with Crippen molar-refractivity contribution >= 4 is 0 Å². The summed E-state index contributed by atoms with van der Waals surface area (Å²) >= 11 is 0. The Morgan fingerprint density at radius 2 is 2.36 bits per heavy atom. The summed E-state index contributed by atoms with van der Waals surface area (Å²) in [7, 11) is 0. The summed E-state index contributed by atoms with van der Waals surface area (Å²) in [6, 6.07) is 6.09. The van der Waals surface area contributed by atoms with Gasteiger partial charge < -0.3 is 4.74 Å². The van der Waals surface area contributed by atoms with Crippen LogP contribution in [-0.4, -0.2) is 17.7 Å². The number of rotatable bonds is 3. The van der Waals surface area contributed by atoms with Crippen molar-refractivity contribution in [2.45, 2.75) is 38.2 Å². The molecule has 1 atom stereocenters. The number of aryl methyl sites for hydroxylation is 1. The highest BCUT2D eigenvalue weighted by molar-refractivity contribution is 5.03. The molecule has 2 nitrogen and oxygen atoms in total. The van der Waals surface area contributed by atoms with Crippen LogP contribution in [0.3, 0.4) is 0 Å². The summed E-state index contributed by atoms with van der Waals surface area (Å²) in [4.78, 5) is 4.31. The van der Waals surface area contributed by atoms with E-state index in [1.54, 1.807) is 0 Å². The molecule has 0 amide bonds. The maximum Gasteiger partial charge on any atom is 0.0578 e. The van der Waals surface area contributed by atoms with E-state index in [4.69, 9.17) is 4.74 Å². The SMILES string of the molecule is c1ccc(CCC2CCCCO2)nc1. The summed E-state index contributed by atoms with van der Waals surface area (Å²) in [5.74, 6) is 0.